The number of amides is 1. The molecule has 4 nitrogen and oxygen atoms in total. The molecular formula is C19H29ClF3N3O. The van der Waals surface area contributed by atoms with Crippen molar-refractivity contribution in [2.45, 2.75) is 32.0 Å². The molecule has 1 aliphatic carbocycles. The van der Waals surface area contributed by atoms with Gasteiger partial charge in [0.05, 0.1) is 5.56 Å². The smallest absolute Gasteiger partial charge is 0.337 e. The van der Waals surface area contributed by atoms with Crippen LogP contribution in [-0.4, -0.2) is 49.4 Å². The van der Waals surface area contributed by atoms with Crippen molar-refractivity contribution in [3.8, 4) is 0 Å². The van der Waals surface area contributed by atoms with Crippen LogP contribution in [0.15, 0.2) is 24.3 Å². The standard InChI is InChI=1S/C19H28F3N3O.ClH/c1-24(2)9-10-25(18(26)17-8-4-6-15(17)12-23)13-14-5-3-7-16(11-14)19(20,21)22;/h3,5,7,11,15,17H,4,6,8-10,12-13,23H2,1-2H3;1H/t15-,17-;/m1./s1. The molecule has 2 atom stereocenters. The van der Waals surface area contributed by atoms with Crippen LogP contribution in [0.25, 0.3) is 0 Å². The summed E-state index contributed by atoms with van der Waals surface area (Å²) < 4.78 is 38.9. The molecular weight excluding hydrogens is 379 g/mol. The molecule has 0 unspecified atom stereocenters. The Morgan fingerprint density at radius 1 is 1.22 bits per heavy atom. The van der Waals surface area contributed by atoms with Gasteiger partial charge in [-0.1, -0.05) is 18.6 Å². The number of halogens is 4. The number of nitrogens with two attached hydrogens (primary N) is 1. The molecule has 0 bridgehead atoms. The van der Waals surface area contributed by atoms with E-state index in [9.17, 15) is 18.0 Å². The third-order valence-corrected chi connectivity index (χ3v) is 5.04. The zero-order chi connectivity index (χ0) is 19.3. The van der Waals surface area contributed by atoms with Gasteiger partial charge in [0.25, 0.3) is 0 Å². The molecule has 1 fully saturated rings. The summed E-state index contributed by atoms with van der Waals surface area (Å²) in [4.78, 5) is 16.7. The number of nitrogens with zero attached hydrogens (tertiary/aromatic N) is 2. The quantitative estimate of drug-likeness (QED) is 0.753. The maximum atomic E-state index is 13.0. The van der Waals surface area contributed by atoms with Crippen LogP contribution in [0.2, 0.25) is 0 Å². The zero-order valence-electron chi connectivity index (χ0n) is 15.8. The minimum Gasteiger partial charge on any atom is -0.337 e. The maximum Gasteiger partial charge on any atom is 0.416 e. The van der Waals surface area contributed by atoms with Crippen molar-refractivity contribution in [2.24, 2.45) is 17.6 Å². The summed E-state index contributed by atoms with van der Waals surface area (Å²) in [5, 5.41) is 0. The van der Waals surface area contributed by atoms with Crippen molar-refractivity contribution in [3.05, 3.63) is 35.4 Å². The van der Waals surface area contributed by atoms with Gasteiger partial charge in [-0.25, -0.2) is 0 Å². The zero-order valence-corrected chi connectivity index (χ0v) is 16.7. The average Bonchev–Trinajstić information content (AvgIpc) is 3.06. The van der Waals surface area contributed by atoms with Crippen LogP contribution < -0.4 is 5.73 Å². The molecule has 27 heavy (non-hydrogen) atoms. The topological polar surface area (TPSA) is 49.6 Å². The first-order valence-electron chi connectivity index (χ1n) is 9.02. The molecule has 0 spiro atoms. The third-order valence-electron chi connectivity index (χ3n) is 5.04. The van der Waals surface area contributed by atoms with Crippen LogP contribution in [-0.2, 0) is 17.5 Å². The summed E-state index contributed by atoms with van der Waals surface area (Å²) >= 11 is 0. The summed E-state index contributed by atoms with van der Waals surface area (Å²) in [5.41, 5.74) is 5.61. The highest BCUT2D eigenvalue weighted by Gasteiger charge is 2.35. The minimum absolute atomic E-state index is 0. The molecule has 0 aliphatic heterocycles. The summed E-state index contributed by atoms with van der Waals surface area (Å²) in [7, 11) is 3.82. The Morgan fingerprint density at radius 3 is 2.52 bits per heavy atom. The molecule has 1 saturated carbocycles. The summed E-state index contributed by atoms with van der Waals surface area (Å²) in [6.45, 7) is 1.80. The number of alkyl halides is 3. The molecule has 0 radical (unpaired) electrons. The average molecular weight is 408 g/mol. The van der Waals surface area contributed by atoms with E-state index in [2.05, 4.69) is 0 Å². The Balaban J connectivity index is 0.00000364. The Morgan fingerprint density at radius 2 is 1.93 bits per heavy atom. The van der Waals surface area contributed by atoms with Gasteiger partial charge in [-0.15, -0.1) is 12.4 Å². The van der Waals surface area contributed by atoms with Crippen LogP contribution in [0.1, 0.15) is 30.4 Å². The molecule has 154 valence electrons. The normalized spacial score (nSPS) is 19.8. The van der Waals surface area contributed by atoms with E-state index in [4.69, 9.17) is 5.73 Å². The summed E-state index contributed by atoms with van der Waals surface area (Å²) in [5.74, 6) is 0.0658. The fraction of sp³-hybridized carbons (Fsp3) is 0.632. The van der Waals surface area contributed by atoms with Crippen molar-refractivity contribution >= 4 is 18.3 Å². The number of carbonyl (C=O) groups excluding carboxylic acids is 1. The van der Waals surface area contributed by atoms with Crippen LogP contribution >= 0.6 is 12.4 Å². The Bertz CT molecular complexity index is 610. The highest BCUT2D eigenvalue weighted by Crippen LogP contribution is 2.33. The van der Waals surface area contributed by atoms with E-state index in [1.54, 1.807) is 11.0 Å². The molecule has 1 aromatic carbocycles. The lowest BCUT2D eigenvalue weighted by molar-refractivity contribution is -0.137. The van der Waals surface area contributed by atoms with Gasteiger partial charge in [0, 0.05) is 25.6 Å². The monoisotopic (exact) mass is 407 g/mol. The number of carbonyl (C=O) groups is 1. The highest BCUT2D eigenvalue weighted by atomic mass is 35.5. The lowest BCUT2D eigenvalue weighted by Crippen LogP contribution is -2.41. The van der Waals surface area contributed by atoms with Crippen molar-refractivity contribution in [2.75, 3.05) is 33.7 Å². The molecule has 1 amide bonds. The first-order valence-corrected chi connectivity index (χ1v) is 9.02. The second-order valence-corrected chi connectivity index (χ2v) is 7.29. The van der Waals surface area contributed by atoms with E-state index in [0.717, 1.165) is 31.4 Å². The van der Waals surface area contributed by atoms with E-state index in [-0.39, 0.29) is 36.7 Å². The Hall–Kier alpha value is -1.31. The molecule has 2 N–H and O–H groups in total. The van der Waals surface area contributed by atoms with Gasteiger partial charge in [0.1, 0.15) is 0 Å². The predicted octanol–water partition coefficient (Wildman–Crippen LogP) is 3.39. The number of likely N-dealkylation sites (N-methyl/N-ethyl adjacent to an activating group) is 1. The van der Waals surface area contributed by atoms with Gasteiger partial charge in [0.15, 0.2) is 0 Å². The van der Waals surface area contributed by atoms with Crippen molar-refractivity contribution in [1.29, 1.82) is 0 Å². The predicted molar refractivity (Wildman–Crippen MR) is 103 cm³/mol. The van der Waals surface area contributed by atoms with Gasteiger partial charge in [0.2, 0.25) is 5.91 Å². The SMILES string of the molecule is CN(C)CCN(Cc1cccc(C(F)(F)F)c1)C(=O)[C@@H]1CCC[C@@H]1CN.Cl. The summed E-state index contributed by atoms with van der Waals surface area (Å²) in [6.07, 6.45) is -1.66. The highest BCUT2D eigenvalue weighted by molar-refractivity contribution is 5.85. The van der Waals surface area contributed by atoms with E-state index >= 15 is 0 Å². The Kier molecular flexibility index (Phi) is 9.05. The fourth-order valence-corrected chi connectivity index (χ4v) is 3.53. The van der Waals surface area contributed by atoms with E-state index in [0.29, 0.717) is 25.2 Å². The first kappa shape index (κ1) is 23.7. The Labute approximate surface area is 165 Å². The van der Waals surface area contributed by atoms with Crippen molar-refractivity contribution in [1.82, 2.24) is 9.80 Å². The molecule has 0 heterocycles. The number of benzene rings is 1. The molecule has 2 rings (SSSR count). The number of hydrogen-bond acceptors (Lipinski definition) is 3. The van der Waals surface area contributed by atoms with Gasteiger partial charge in [-0.2, -0.15) is 13.2 Å². The first-order chi connectivity index (χ1) is 12.2. The fourth-order valence-electron chi connectivity index (χ4n) is 3.53. The molecule has 1 aliphatic rings. The largest absolute Gasteiger partial charge is 0.416 e. The summed E-state index contributed by atoms with van der Waals surface area (Å²) in [6, 6.07) is 5.22. The van der Waals surface area contributed by atoms with Crippen LogP contribution in [0, 0.1) is 11.8 Å². The van der Waals surface area contributed by atoms with Gasteiger partial charge >= 0.3 is 6.18 Å². The van der Waals surface area contributed by atoms with E-state index < -0.39 is 11.7 Å². The van der Waals surface area contributed by atoms with E-state index in [1.165, 1.54) is 6.07 Å². The minimum atomic E-state index is -4.38. The van der Waals surface area contributed by atoms with Gasteiger partial charge < -0.3 is 15.5 Å². The second-order valence-electron chi connectivity index (χ2n) is 7.29. The van der Waals surface area contributed by atoms with Crippen LogP contribution in [0.3, 0.4) is 0 Å². The number of rotatable bonds is 7. The molecule has 8 heteroatoms. The van der Waals surface area contributed by atoms with Gasteiger partial charge in [-0.05, 0) is 57.1 Å². The maximum absolute atomic E-state index is 13.0. The van der Waals surface area contributed by atoms with Gasteiger partial charge in [-0.3, -0.25) is 4.79 Å². The lowest BCUT2D eigenvalue weighted by atomic mass is 9.94. The van der Waals surface area contributed by atoms with Crippen molar-refractivity contribution < 1.29 is 18.0 Å². The molecule has 1 aromatic rings. The van der Waals surface area contributed by atoms with E-state index in [1.807, 2.05) is 19.0 Å². The van der Waals surface area contributed by atoms with Crippen molar-refractivity contribution in [3.63, 3.8) is 0 Å². The second kappa shape index (κ2) is 10.3. The van der Waals surface area contributed by atoms with Crippen LogP contribution in [0.5, 0.6) is 0 Å². The lowest BCUT2D eigenvalue weighted by Gasteiger charge is -2.29. The molecule has 0 saturated heterocycles. The van der Waals surface area contributed by atoms with Crippen LogP contribution in [0.4, 0.5) is 13.2 Å². The number of hydrogen-bond donors (Lipinski definition) is 1. The molecule has 0 aromatic heterocycles. The third kappa shape index (κ3) is 6.66.